The summed E-state index contributed by atoms with van der Waals surface area (Å²) in [6.07, 6.45) is 2.58. The standard InChI is InChI=1S/C5H12N2.ClH/c6-4-5-2-1-3-7-5;/h5,7H,1-4,6H2;1H/t5-;/m0./s1. The summed E-state index contributed by atoms with van der Waals surface area (Å²) in [5, 5.41) is 3.28. The van der Waals surface area contributed by atoms with Crippen LogP contribution in [-0.2, 0) is 0 Å². The molecule has 0 saturated carbocycles. The smallest absolute Gasteiger partial charge is 0.0190 e. The van der Waals surface area contributed by atoms with E-state index < -0.39 is 0 Å². The molecule has 1 rings (SSSR count). The molecule has 0 aromatic carbocycles. The fourth-order valence-corrected chi connectivity index (χ4v) is 0.958. The van der Waals surface area contributed by atoms with Crippen molar-refractivity contribution in [1.29, 1.82) is 0 Å². The second-order valence-electron chi connectivity index (χ2n) is 2.03. The largest absolute Gasteiger partial charge is 0.329 e. The van der Waals surface area contributed by atoms with Gasteiger partial charge in [-0.15, -0.1) is 12.4 Å². The highest BCUT2D eigenvalue weighted by Crippen LogP contribution is 2.01. The molecule has 0 aromatic heterocycles. The predicted molar refractivity (Wildman–Crippen MR) is 37.3 cm³/mol. The first-order valence-corrected chi connectivity index (χ1v) is 2.87. The van der Waals surface area contributed by atoms with E-state index in [1.807, 2.05) is 0 Å². The van der Waals surface area contributed by atoms with Crippen LogP contribution in [-0.4, -0.2) is 19.1 Å². The molecule has 1 fully saturated rings. The van der Waals surface area contributed by atoms with Crippen LogP contribution in [0.1, 0.15) is 12.8 Å². The van der Waals surface area contributed by atoms with Crippen LogP contribution < -0.4 is 11.1 Å². The van der Waals surface area contributed by atoms with Gasteiger partial charge >= 0.3 is 0 Å². The zero-order chi connectivity index (χ0) is 5.11. The molecule has 50 valence electrons. The summed E-state index contributed by atoms with van der Waals surface area (Å²) in [7, 11) is 0. The van der Waals surface area contributed by atoms with Crippen LogP contribution in [0.4, 0.5) is 0 Å². The van der Waals surface area contributed by atoms with Crippen LogP contribution in [0.25, 0.3) is 0 Å². The van der Waals surface area contributed by atoms with Crippen molar-refractivity contribution >= 4 is 12.4 Å². The summed E-state index contributed by atoms with van der Waals surface area (Å²) in [5.41, 5.74) is 5.37. The first-order chi connectivity index (χ1) is 3.43. The molecular weight excluding hydrogens is 124 g/mol. The fourth-order valence-electron chi connectivity index (χ4n) is 0.958. The van der Waals surface area contributed by atoms with Gasteiger partial charge in [0.2, 0.25) is 0 Å². The molecule has 0 bridgehead atoms. The van der Waals surface area contributed by atoms with E-state index in [0.717, 1.165) is 6.54 Å². The number of rotatable bonds is 1. The Kier molecular flexibility index (Phi) is 4.23. The number of hydrogen-bond donors (Lipinski definition) is 2. The Balaban J connectivity index is 0.000000490. The molecule has 1 aliphatic heterocycles. The van der Waals surface area contributed by atoms with Crippen molar-refractivity contribution < 1.29 is 0 Å². The van der Waals surface area contributed by atoms with Gasteiger partial charge in [-0.3, -0.25) is 0 Å². The normalized spacial score (nSPS) is 27.4. The van der Waals surface area contributed by atoms with Crippen molar-refractivity contribution in [1.82, 2.24) is 5.32 Å². The second-order valence-corrected chi connectivity index (χ2v) is 2.03. The van der Waals surface area contributed by atoms with Crippen LogP contribution in [0.2, 0.25) is 0 Å². The van der Waals surface area contributed by atoms with E-state index in [2.05, 4.69) is 5.32 Å². The second kappa shape index (κ2) is 4.13. The molecule has 8 heavy (non-hydrogen) atoms. The minimum Gasteiger partial charge on any atom is -0.329 e. The van der Waals surface area contributed by atoms with Crippen molar-refractivity contribution in [3.05, 3.63) is 0 Å². The predicted octanol–water partition coefficient (Wildman–Crippen LogP) is 0.119. The van der Waals surface area contributed by atoms with Gasteiger partial charge < -0.3 is 11.1 Å². The molecule has 2 nitrogen and oxygen atoms in total. The molecule has 3 heteroatoms. The van der Waals surface area contributed by atoms with Gasteiger partial charge in [0, 0.05) is 12.6 Å². The Morgan fingerprint density at radius 2 is 2.38 bits per heavy atom. The summed E-state index contributed by atoms with van der Waals surface area (Å²) in [6, 6.07) is 0.625. The van der Waals surface area contributed by atoms with Gasteiger partial charge in [-0.25, -0.2) is 0 Å². The first-order valence-electron chi connectivity index (χ1n) is 2.87. The maximum absolute atomic E-state index is 5.37. The topological polar surface area (TPSA) is 38.0 Å². The Labute approximate surface area is 56.2 Å². The monoisotopic (exact) mass is 136 g/mol. The molecule has 1 heterocycles. The highest BCUT2D eigenvalue weighted by Gasteiger charge is 2.09. The fraction of sp³-hybridized carbons (Fsp3) is 1.00. The van der Waals surface area contributed by atoms with E-state index in [0.29, 0.717) is 6.04 Å². The quantitative estimate of drug-likeness (QED) is 0.538. The Morgan fingerprint density at radius 3 is 2.62 bits per heavy atom. The average Bonchev–Trinajstić information content (AvgIpc) is 2.14. The average molecular weight is 137 g/mol. The van der Waals surface area contributed by atoms with Crippen molar-refractivity contribution in [2.75, 3.05) is 13.1 Å². The van der Waals surface area contributed by atoms with Crippen LogP contribution in [0.15, 0.2) is 0 Å². The van der Waals surface area contributed by atoms with Crippen LogP contribution in [0.3, 0.4) is 0 Å². The molecule has 1 atom stereocenters. The van der Waals surface area contributed by atoms with Crippen LogP contribution in [0.5, 0.6) is 0 Å². The third-order valence-electron chi connectivity index (χ3n) is 1.45. The van der Waals surface area contributed by atoms with Crippen molar-refractivity contribution in [2.45, 2.75) is 18.9 Å². The van der Waals surface area contributed by atoms with Gasteiger partial charge in [0.05, 0.1) is 0 Å². The van der Waals surface area contributed by atoms with E-state index in [1.165, 1.54) is 19.4 Å². The molecule has 0 amide bonds. The third-order valence-corrected chi connectivity index (χ3v) is 1.45. The minimum atomic E-state index is 0. The molecule has 1 saturated heterocycles. The maximum atomic E-state index is 5.37. The summed E-state index contributed by atoms with van der Waals surface area (Å²) in [5.74, 6) is 0. The summed E-state index contributed by atoms with van der Waals surface area (Å²) in [4.78, 5) is 0. The molecular formula is C5H13ClN2. The number of nitrogens with two attached hydrogens (primary N) is 1. The van der Waals surface area contributed by atoms with Crippen molar-refractivity contribution in [3.8, 4) is 0 Å². The maximum Gasteiger partial charge on any atom is 0.0190 e. The zero-order valence-electron chi connectivity index (χ0n) is 4.89. The van der Waals surface area contributed by atoms with Gasteiger partial charge in [0.15, 0.2) is 0 Å². The summed E-state index contributed by atoms with van der Waals surface area (Å²) < 4.78 is 0. The Hall–Kier alpha value is 0.210. The third kappa shape index (κ3) is 1.99. The lowest BCUT2D eigenvalue weighted by Gasteiger charge is -2.02. The van der Waals surface area contributed by atoms with Crippen molar-refractivity contribution in [2.24, 2.45) is 5.73 Å². The van der Waals surface area contributed by atoms with Crippen molar-refractivity contribution in [3.63, 3.8) is 0 Å². The van der Waals surface area contributed by atoms with E-state index in [4.69, 9.17) is 5.73 Å². The van der Waals surface area contributed by atoms with Crippen LogP contribution in [0, 0.1) is 0 Å². The lowest BCUT2D eigenvalue weighted by Crippen LogP contribution is -2.29. The Bertz CT molecular complexity index is 52.4. The van der Waals surface area contributed by atoms with Gasteiger partial charge in [0.1, 0.15) is 0 Å². The Morgan fingerprint density at radius 1 is 1.62 bits per heavy atom. The van der Waals surface area contributed by atoms with E-state index in [1.54, 1.807) is 0 Å². The highest BCUT2D eigenvalue weighted by atomic mass is 35.5. The van der Waals surface area contributed by atoms with Gasteiger partial charge in [0.25, 0.3) is 0 Å². The zero-order valence-corrected chi connectivity index (χ0v) is 5.71. The number of halogens is 1. The molecule has 0 aromatic rings. The molecule has 0 unspecified atom stereocenters. The molecule has 1 aliphatic rings. The molecule has 0 aliphatic carbocycles. The van der Waals surface area contributed by atoms with Gasteiger partial charge in [-0.1, -0.05) is 0 Å². The van der Waals surface area contributed by atoms with E-state index in [-0.39, 0.29) is 12.4 Å². The SMILES string of the molecule is Cl.NC[C@@H]1CCCN1. The number of hydrogen-bond acceptors (Lipinski definition) is 2. The minimum absolute atomic E-state index is 0. The lowest BCUT2D eigenvalue weighted by molar-refractivity contribution is 0.616. The number of nitrogens with one attached hydrogen (secondary N) is 1. The first kappa shape index (κ1) is 8.21. The van der Waals surface area contributed by atoms with Crippen LogP contribution >= 0.6 is 12.4 Å². The van der Waals surface area contributed by atoms with Gasteiger partial charge in [-0.05, 0) is 19.4 Å². The summed E-state index contributed by atoms with van der Waals surface area (Å²) in [6.45, 7) is 1.97. The molecule has 0 radical (unpaired) electrons. The molecule has 0 spiro atoms. The van der Waals surface area contributed by atoms with E-state index >= 15 is 0 Å². The summed E-state index contributed by atoms with van der Waals surface area (Å²) >= 11 is 0. The van der Waals surface area contributed by atoms with Gasteiger partial charge in [-0.2, -0.15) is 0 Å². The highest BCUT2D eigenvalue weighted by molar-refractivity contribution is 5.85. The molecule has 3 N–H and O–H groups in total. The lowest BCUT2D eigenvalue weighted by atomic mass is 10.2. The van der Waals surface area contributed by atoms with E-state index in [9.17, 15) is 0 Å².